The number of aromatic carboxylic acids is 1. The molecule has 0 fully saturated rings. The molecule has 92 valence electrons. The Kier molecular flexibility index (Phi) is 3.85. The van der Waals surface area contributed by atoms with Crippen molar-refractivity contribution in [1.82, 2.24) is 0 Å². The average molecular weight is 238 g/mol. The van der Waals surface area contributed by atoms with Crippen molar-refractivity contribution >= 4 is 11.9 Å². The Bertz CT molecular complexity index is 431. The van der Waals surface area contributed by atoms with Crippen LogP contribution >= 0.6 is 0 Å². The third-order valence-electron chi connectivity index (χ3n) is 1.93. The van der Waals surface area contributed by atoms with Gasteiger partial charge in [0.15, 0.2) is 0 Å². The molecule has 0 aliphatic carbocycles. The predicted octanol–water partition coefficient (Wildman–Crippen LogP) is 1.31. The molecule has 0 heterocycles. The second-order valence-corrected chi connectivity index (χ2v) is 4.24. The van der Waals surface area contributed by atoms with Crippen LogP contribution in [0.15, 0.2) is 24.3 Å². The van der Waals surface area contributed by atoms with E-state index in [0.717, 1.165) is 0 Å². The number of benzene rings is 1. The molecule has 17 heavy (non-hydrogen) atoms. The Labute approximate surface area is 98.6 Å². The van der Waals surface area contributed by atoms with Gasteiger partial charge in [0.2, 0.25) is 0 Å². The number of aliphatic hydroxyl groups is 1. The van der Waals surface area contributed by atoms with Gasteiger partial charge in [0, 0.05) is 0 Å². The van der Waals surface area contributed by atoms with E-state index in [4.69, 9.17) is 9.84 Å². The van der Waals surface area contributed by atoms with Gasteiger partial charge in [-0.2, -0.15) is 0 Å². The summed E-state index contributed by atoms with van der Waals surface area (Å²) in [4.78, 5) is 22.5. The van der Waals surface area contributed by atoms with Crippen molar-refractivity contribution in [3.05, 3.63) is 35.4 Å². The lowest BCUT2D eigenvalue weighted by Crippen LogP contribution is -2.28. The molecule has 5 nitrogen and oxygen atoms in total. The van der Waals surface area contributed by atoms with Crippen molar-refractivity contribution in [2.24, 2.45) is 0 Å². The highest BCUT2D eigenvalue weighted by Crippen LogP contribution is 2.11. The minimum Gasteiger partial charge on any atom is -0.478 e. The quantitative estimate of drug-likeness (QED) is 0.773. The first kappa shape index (κ1) is 13.2. The fraction of sp³-hybridized carbons (Fsp3) is 0.333. The van der Waals surface area contributed by atoms with Gasteiger partial charge in [-0.05, 0) is 26.0 Å². The molecule has 0 aliphatic rings. The van der Waals surface area contributed by atoms with Crippen LogP contribution < -0.4 is 0 Å². The first-order chi connectivity index (χ1) is 7.81. The van der Waals surface area contributed by atoms with Crippen LogP contribution in [0.25, 0.3) is 0 Å². The largest absolute Gasteiger partial charge is 0.478 e. The SMILES string of the molecule is CC(C)(O)COC(=O)c1ccccc1C(=O)O. The van der Waals surface area contributed by atoms with E-state index in [1.807, 2.05) is 0 Å². The van der Waals surface area contributed by atoms with Gasteiger partial charge < -0.3 is 14.9 Å². The van der Waals surface area contributed by atoms with Gasteiger partial charge >= 0.3 is 11.9 Å². The lowest BCUT2D eigenvalue weighted by Gasteiger charge is -2.17. The number of carbonyl (C=O) groups is 2. The van der Waals surface area contributed by atoms with E-state index in [0.29, 0.717) is 0 Å². The van der Waals surface area contributed by atoms with E-state index < -0.39 is 17.5 Å². The third-order valence-corrected chi connectivity index (χ3v) is 1.93. The molecule has 0 bridgehead atoms. The van der Waals surface area contributed by atoms with Crippen molar-refractivity contribution in [2.75, 3.05) is 6.61 Å². The maximum atomic E-state index is 11.6. The second kappa shape index (κ2) is 4.97. The number of carboxylic acids is 1. The zero-order chi connectivity index (χ0) is 13.1. The standard InChI is InChI=1S/C12H14O5/c1-12(2,16)7-17-11(15)9-6-4-3-5-8(9)10(13)14/h3-6,16H,7H2,1-2H3,(H,13,14). The molecule has 1 aromatic carbocycles. The van der Waals surface area contributed by atoms with Crippen LogP contribution in [0.3, 0.4) is 0 Å². The Morgan fingerprint density at radius 1 is 1.24 bits per heavy atom. The molecule has 1 rings (SSSR count). The fourth-order valence-electron chi connectivity index (χ4n) is 1.17. The summed E-state index contributed by atoms with van der Waals surface area (Å²) in [6.07, 6.45) is 0. The summed E-state index contributed by atoms with van der Waals surface area (Å²) in [6, 6.07) is 5.77. The Hall–Kier alpha value is -1.88. The van der Waals surface area contributed by atoms with Crippen molar-refractivity contribution in [3.8, 4) is 0 Å². The van der Waals surface area contributed by atoms with E-state index in [1.165, 1.54) is 32.0 Å². The van der Waals surface area contributed by atoms with Crippen LogP contribution in [0.4, 0.5) is 0 Å². The van der Waals surface area contributed by atoms with Crippen LogP contribution in [0, 0.1) is 0 Å². The Morgan fingerprint density at radius 3 is 2.24 bits per heavy atom. The number of hydrogen-bond donors (Lipinski definition) is 2. The molecule has 0 saturated heterocycles. The number of esters is 1. The van der Waals surface area contributed by atoms with E-state index in [9.17, 15) is 14.7 Å². The molecule has 0 spiro atoms. The molecule has 5 heteroatoms. The molecule has 0 unspecified atom stereocenters. The molecule has 0 aliphatic heterocycles. The van der Waals surface area contributed by atoms with Crippen LogP contribution in [-0.4, -0.2) is 34.4 Å². The van der Waals surface area contributed by atoms with Gasteiger partial charge in [-0.15, -0.1) is 0 Å². The molecule has 2 N–H and O–H groups in total. The highest BCUT2D eigenvalue weighted by atomic mass is 16.5. The average Bonchev–Trinajstić information content (AvgIpc) is 2.25. The van der Waals surface area contributed by atoms with Crippen LogP contribution in [0.1, 0.15) is 34.6 Å². The monoisotopic (exact) mass is 238 g/mol. The van der Waals surface area contributed by atoms with Crippen LogP contribution in [-0.2, 0) is 4.74 Å². The number of rotatable bonds is 4. The van der Waals surface area contributed by atoms with Gasteiger partial charge in [0.25, 0.3) is 0 Å². The second-order valence-electron chi connectivity index (χ2n) is 4.24. The Balaban J connectivity index is 2.86. The summed E-state index contributed by atoms with van der Waals surface area (Å²) in [5.41, 5.74) is -1.29. The number of carboxylic acid groups (broad SMARTS) is 1. The van der Waals surface area contributed by atoms with Gasteiger partial charge in [-0.3, -0.25) is 0 Å². The molecule has 0 aromatic heterocycles. The van der Waals surface area contributed by atoms with Gasteiger partial charge in [0.05, 0.1) is 16.7 Å². The Morgan fingerprint density at radius 2 is 1.76 bits per heavy atom. The van der Waals surface area contributed by atoms with Crippen molar-refractivity contribution < 1.29 is 24.5 Å². The molecule has 0 radical (unpaired) electrons. The molecule has 0 amide bonds. The lowest BCUT2D eigenvalue weighted by molar-refractivity contribution is -0.0101. The van der Waals surface area contributed by atoms with Gasteiger partial charge in [-0.25, -0.2) is 9.59 Å². The van der Waals surface area contributed by atoms with Crippen LogP contribution in [0.5, 0.6) is 0 Å². The summed E-state index contributed by atoms with van der Waals surface area (Å²) in [6.45, 7) is 2.78. The van der Waals surface area contributed by atoms with Crippen molar-refractivity contribution in [3.63, 3.8) is 0 Å². The lowest BCUT2D eigenvalue weighted by atomic mass is 10.1. The molecule has 0 atom stereocenters. The zero-order valence-corrected chi connectivity index (χ0v) is 9.64. The summed E-state index contributed by atoms with van der Waals surface area (Å²) in [5, 5.41) is 18.3. The third kappa shape index (κ3) is 3.88. The minimum absolute atomic E-state index is 0.0238. The number of ether oxygens (including phenoxy) is 1. The predicted molar refractivity (Wildman–Crippen MR) is 60.0 cm³/mol. The smallest absolute Gasteiger partial charge is 0.339 e. The van der Waals surface area contributed by atoms with Crippen LogP contribution in [0.2, 0.25) is 0 Å². The molecule has 0 saturated carbocycles. The maximum absolute atomic E-state index is 11.6. The van der Waals surface area contributed by atoms with E-state index in [1.54, 1.807) is 6.07 Å². The molecular weight excluding hydrogens is 224 g/mol. The number of carbonyl (C=O) groups excluding carboxylic acids is 1. The van der Waals surface area contributed by atoms with Gasteiger partial charge in [-0.1, -0.05) is 12.1 Å². The fourth-order valence-corrected chi connectivity index (χ4v) is 1.17. The van der Waals surface area contributed by atoms with E-state index in [-0.39, 0.29) is 17.7 Å². The minimum atomic E-state index is -1.19. The van der Waals surface area contributed by atoms with E-state index in [2.05, 4.69) is 0 Å². The molecular formula is C12H14O5. The summed E-state index contributed by atoms with van der Waals surface area (Å²) in [5.74, 6) is -1.95. The first-order valence-electron chi connectivity index (χ1n) is 5.03. The van der Waals surface area contributed by atoms with Gasteiger partial charge in [0.1, 0.15) is 6.61 Å². The summed E-state index contributed by atoms with van der Waals surface area (Å²) < 4.78 is 4.83. The normalized spacial score (nSPS) is 11.0. The highest BCUT2D eigenvalue weighted by molar-refractivity contribution is 6.02. The summed E-state index contributed by atoms with van der Waals surface area (Å²) in [7, 11) is 0. The zero-order valence-electron chi connectivity index (χ0n) is 9.64. The highest BCUT2D eigenvalue weighted by Gasteiger charge is 2.20. The van der Waals surface area contributed by atoms with Crippen molar-refractivity contribution in [2.45, 2.75) is 19.4 Å². The molecule has 1 aromatic rings. The first-order valence-corrected chi connectivity index (χ1v) is 5.03. The topological polar surface area (TPSA) is 83.8 Å². The maximum Gasteiger partial charge on any atom is 0.339 e. The van der Waals surface area contributed by atoms with E-state index >= 15 is 0 Å². The summed E-state index contributed by atoms with van der Waals surface area (Å²) >= 11 is 0. The van der Waals surface area contributed by atoms with Crippen molar-refractivity contribution in [1.29, 1.82) is 0 Å². The number of hydrogen-bond acceptors (Lipinski definition) is 4.